The Morgan fingerprint density at radius 2 is 2.50 bits per heavy atom. The lowest BCUT2D eigenvalue weighted by Crippen LogP contribution is -2.28. The zero-order valence-electron chi connectivity index (χ0n) is 8.14. The maximum absolute atomic E-state index is 11.8. The molecule has 0 amide bonds. The number of Topliss-reactive ketones (excluding diaryl/α,β-unsaturated/α-hetero) is 1. The van der Waals surface area contributed by atoms with Crippen molar-refractivity contribution in [2.75, 3.05) is 6.61 Å². The van der Waals surface area contributed by atoms with Crippen LogP contribution in [0.3, 0.4) is 0 Å². The van der Waals surface area contributed by atoms with Gasteiger partial charge in [0, 0.05) is 13.7 Å². The first-order valence-electron chi connectivity index (χ1n) is 4.79. The first-order valence-corrected chi connectivity index (χ1v) is 4.79. The molecule has 1 atom stereocenters. The van der Waals surface area contributed by atoms with E-state index in [2.05, 4.69) is 10.3 Å². The molecule has 1 aliphatic heterocycles. The number of ether oxygens (including phenoxy) is 1. The highest BCUT2D eigenvalue weighted by Crippen LogP contribution is 2.15. The largest absolute Gasteiger partial charge is 0.370 e. The van der Waals surface area contributed by atoms with Crippen LogP contribution in [0.2, 0.25) is 0 Å². The third kappa shape index (κ3) is 1.82. The van der Waals surface area contributed by atoms with E-state index in [1.54, 1.807) is 13.2 Å². The lowest BCUT2D eigenvalue weighted by Gasteiger charge is -2.19. The van der Waals surface area contributed by atoms with Gasteiger partial charge in [-0.15, -0.1) is 5.10 Å². The first-order chi connectivity index (χ1) is 6.77. The summed E-state index contributed by atoms with van der Waals surface area (Å²) in [6.07, 6.45) is 4.22. The highest BCUT2D eigenvalue weighted by atomic mass is 16.5. The number of hydrogen-bond donors (Lipinski definition) is 0. The third-order valence-electron chi connectivity index (χ3n) is 2.33. The summed E-state index contributed by atoms with van der Waals surface area (Å²) in [6, 6.07) is 0. The monoisotopic (exact) mass is 195 g/mol. The Hall–Kier alpha value is -1.23. The van der Waals surface area contributed by atoms with Gasteiger partial charge in [0.25, 0.3) is 0 Å². The van der Waals surface area contributed by atoms with Crippen molar-refractivity contribution in [3.05, 3.63) is 11.9 Å². The van der Waals surface area contributed by atoms with Crippen LogP contribution in [-0.4, -0.2) is 33.5 Å². The van der Waals surface area contributed by atoms with Crippen molar-refractivity contribution in [2.45, 2.75) is 25.4 Å². The fourth-order valence-electron chi connectivity index (χ4n) is 1.57. The number of aryl methyl sites for hydroxylation is 1. The van der Waals surface area contributed by atoms with Crippen LogP contribution < -0.4 is 0 Å². The molecule has 0 radical (unpaired) electrons. The smallest absolute Gasteiger partial charge is 0.213 e. The zero-order chi connectivity index (χ0) is 9.97. The molecule has 2 rings (SSSR count). The molecule has 5 nitrogen and oxygen atoms in total. The van der Waals surface area contributed by atoms with E-state index in [0.29, 0.717) is 12.3 Å². The van der Waals surface area contributed by atoms with Crippen molar-refractivity contribution < 1.29 is 9.53 Å². The molecule has 2 heterocycles. The predicted molar refractivity (Wildman–Crippen MR) is 48.9 cm³/mol. The predicted octanol–water partition coefficient (Wildman–Crippen LogP) is 0.567. The van der Waals surface area contributed by atoms with Gasteiger partial charge in [-0.25, -0.2) is 0 Å². The number of nitrogens with zero attached hydrogens (tertiary/aromatic N) is 3. The Morgan fingerprint density at radius 3 is 3.07 bits per heavy atom. The van der Waals surface area contributed by atoms with Crippen molar-refractivity contribution in [3.63, 3.8) is 0 Å². The molecule has 1 aliphatic rings. The first kappa shape index (κ1) is 9.33. The van der Waals surface area contributed by atoms with Crippen LogP contribution in [0.15, 0.2) is 6.20 Å². The highest BCUT2D eigenvalue weighted by Gasteiger charge is 2.25. The number of hydrogen-bond acceptors (Lipinski definition) is 4. The molecule has 1 aromatic heterocycles. The SMILES string of the molecule is Cn1cc(C(=O)C2CCCCO2)nn1. The molecule has 0 N–H and O–H groups in total. The lowest BCUT2D eigenvalue weighted by molar-refractivity contribution is 0.0183. The summed E-state index contributed by atoms with van der Waals surface area (Å²) in [5.74, 6) is -0.0437. The average Bonchev–Trinajstić information content (AvgIpc) is 2.65. The number of carbonyl (C=O) groups is 1. The van der Waals surface area contributed by atoms with Crippen molar-refractivity contribution in [1.29, 1.82) is 0 Å². The van der Waals surface area contributed by atoms with Gasteiger partial charge >= 0.3 is 0 Å². The molecule has 1 aromatic rings. The van der Waals surface area contributed by atoms with Crippen molar-refractivity contribution in [1.82, 2.24) is 15.0 Å². The maximum atomic E-state index is 11.8. The summed E-state index contributed by atoms with van der Waals surface area (Å²) in [7, 11) is 1.74. The molecule has 1 saturated heterocycles. The maximum Gasteiger partial charge on any atom is 0.213 e. The Morgan fingerprint density at radius 1 is 1.64 bits per heavy atom. The minimum atomic E-state index is -0.305. The van der Waals surface area contributed by atoms with E-state index in [-0.39, 0.29) is 11.9 Å². The molecule has 14 heavy (non-hydrogen) atoms. The summed E-state index contributed by atoms with van der Waals surface area (Å²) in [5.41, 5.74) is 0.402. The lowest BCUT2D eigenvalue weighted by atomic mass is 10.0. The van der Waals surface area contributed by atoms with Gasteiger partial charge < -0.3 is 4.74 Å². The van der Waals surface area contributed by atoms with Crippen molar-refractivity contribution in [3.8, 4) is 0 Å². The van der Waals surface area contributed by atoms with Gasteiger partial charge in [0.2, 0.25) is 5.78 Å². The van der Waals surface area contributed by atoms with Crippen LogP contribution >= 0.6 is 0 Å². The fourth-order valence-corrected chi connectivity index (χ4v) is 1.57. The third-order valence-corrected chi connectivity index (χ3v) is 2.33. The Bertz CT molecular complexity index is 329. The van der Waals surface area contributed by atoms with E-state index in [1.165, 1.54) is 4.68 Å². The zero-order valence-corrected chi connectivity index (χ0v) is 8.14. The van der Waals surface area contributed by atoms with Crippen LogP contribution in [-0.2, 0) is 11.8 Å². The van der Waals surface area contributed by atoms with Gasteiger partial charge in [-0.05, 0) is 19.3 Å². The molecular weight excluding hydrogens is 182 g/mol. The van der Waals surface area contributed by atoms with Crippen LogP contribution in [0, 0.1) is 0 Å². The Labute approximate surface area is 82.1 Å². The Balaban J connectivity index is 2.07. The van der Waals surface area contributed by atoms with E-state index >= 15 is 0 Å². The number of ketones is 1. The number of carbonyl (C=O) groups excluding carboxylic acids is 1. The normalized spacial score (nSPS) is 22.2. The van der Waals surface area contributed by atoms with Gasteiger partial charge in [0.15, 0.2) is 5.69 Å². The van der Waals surface area contributed by atoms with Crippen LogP contribution in [0.25, 0.3) is 0 Å². The molecule has 0 bridgehead atoms. The summed E-state index contributed by atoms with van der Waals surface area (Å²) in [4.78, 5) is 11.8. The standard InChI is InChI=1S/C9H13N3O2/c1-12-6-7(10-11-12)9(13)8-4-2-3-5-14-8/h6,8H,2-5H2,1H3. The van der Waals surface area contributed by atoms with Crippen LogP contribution in [0.4, 0.5) is 0 Å². The molecule has 5 heteroatoms. The minimum Gasteiger partial charge on any atom is -0.370 e. The van der Waals surface area contributed by atoms with E-state index in [4.69, 9.17) is 4.74 Å². The van der Waals surface area contributed by atoms with Crippen LogP contribution in [0.1, 0.15) is 29.8 Å². The number of rotatable bonds is 2. The highest BCUT2D eigenvalue weighted by molar-refractivity contribution is 5.97. The van der Waals surface area contributed by atoms with Crippen molar-refractivity contribution >= 4 is 5.78 Å². The second-order valence-corrected chi connectivity index (χ2v) is 3.50. The fraction of sp³-hybridized carbons (Fsp3) is 0.667. The van der Waals surface area contributed by atoms with Gasteiger partial charge in [-0.2, -0.15) is 0 Å². The molecule has 1 fully saturated rings. The quantitative estimate of drug-likeness (QED) is 0.647. The van der Waals surface area contributed by atoms with Crippen LogP contribution in [0.5, 0.6) is 0 Å². The molecular formula is C9H13N3O2. The van der Waals surface area contributed by atoms with Gasteiger partial charge in [-0.1, -0.05) is 5.21 Å². The minimum absolute atomic E-state index is 0.0437. The molecule has 0 aromatic carbocycles. The average molecular weight is 195 g/mol. The van der Waals surface area contributed by atoms with E-state index < -0.39 is 0 Å². The second kappa shape index (κ2) is 3.88. The van der Waals surface area contributed by atoms with Gasteiger partial charge in [0.05, 0.1) is 6.20 Å². The van der Waals surface area contributed by atoms with E-state index in [9.17, 15) is 4.79 Å². The van der Waals surface area contributed by atoms with E-state index in [1.807, 2.05) is 0 Å². The topological polar surface area (TPSA) is 57.0 Å². The molecule has 76 valence electrons. The van der Waals surface area contributed by atoms with Gasteiger partial charge in [0.1, 0.15) is 6.10 Å². The summed E-state index contributed by atoms with van der Waals surface area (Å²) < 4.78 is 6.90. The van der Waals surface area contributed by atoms with Crippen molar-refractivity contribution in [2.24, 2.45) is 7.05 Å². The molecule has 1 unspecified atom stereocenters. The summed E-state index contributed by atoms with van der Waals surface area (Å²) >= 11 is 0. The molecule has 0 aliphatic carbocycles. The molecule has 0 spiro atoms. The Kier molecular flexibility index (Phi) is 2.58. The number of aromatic nitrogens is 3. The summed E-state index contributed by atoms with van der Waals surface area (Å²) in [6.45, 7) is 0.677. The van der Waals surface area contributed by atoms with E-state index in [0.717, 1.165) is 19.3 Å². The second-order valence-electron chi connectivity index (χ2n) is 3.50. The summed E-state index contributed by atoms with van der Waals surface area (Å²) in [5, 5.41) is 7.50. The van der Waals surface area contributed by atoms with Gasteiger partial charge in [-0.3, -0.25) is 9.48 Å². The molecule has 0 saturated carbocycles.